The van der Waals surface area contributed by atoms with Gasteiger partial charge in [-0.3, -0.25) is 19.3 Å². The van der Waals surface area contributed by atoms with Gasteiger partial charge in [-0.25, -0.2) is 4.79 Å². The van der Waals surface area contributed by atoms with Crippen LogP contribution in [0.4, 0.5) is 4.79 Å². The highest BCUT2D eigenvalue weighted by Crippen LogP contribution is 2.37. The Hall–Kier alpha value is -2.23. The average molecular weight is 405 g/mol. The molecule has 1 saturated heterocycles. The Labute approximate surface area is 155 Å². The van der Waals surface area contributed by atoms with Gasteiger partial charge < -0.3 is 15.6 Å². The molecule has 1 aliphatic heterocycles. The number of aliphatic carboxylic acids is 1. The molecule has 0 unspecified atom stereocenters. The fourth-order valence-electron chi connectivity index (χ4n) is 1.88. The van der Waals surface area contributed by atoms with Crippen molar-refractivity contribution in [2.45, 2.75) is 0 Å². The Morgan fingerprint density at radius 1 is 1.28 bits per heavy atom. The molecule has 25 heavy (non-hydrogen) atoms. The average Bonchev–Trinajstić information content (AvgIpc) is 2.73. The van der Waals surface area contributed by atoms with E-state index in [1.807, 2.05) is 0 Å². The van der Waals surface area contributed by atoms with Gasteiger partial charge in [-0.2, -0.15) is 0 Å². The van der Waals surface area contributed by atoms with E-state index in [0.29, 0.717) is 17.3 Å². The SMILES string of the molecule is NC(=O)CN1C(=O)S/C(=C\c2cc(Cl)c(OCC(=O)O)c(Cl)c2)C1=O. The standard InChI is InChI=1S/C14H10Cl2N2O6S/c15-7-1-6(2-8(16)12(7)24-5-11(20)21)3-9-13(22)18(4-10(17)19)14(23)25-9/h1-3H,4-5H2,(H2,17,19)(H,20,21)/b9-3-. The summed E-state index contributed by atoms with van der Waals surface area (Å²) >= 11 is 12.7. The molecule has 0 aliphatic carbocycles. The third-order valence-corrected chi connectivity index (χ3v) is 4.31. The lowest BCUT2D eigenvalue weighted by atomic mass is 10.2. The number of imide groups is 1. The number of carbonyl (C=O) groups excluding carboxylic acids is 3. The maximum absolute atomic E-state index is 12.1. The van der Waals surface area contributed by atoms with Crippen LogP contribution in [0, 0.1) is 0 Å². The first-order valence-electron chi connectivity index (χ1n) is 6.56. The van der Waals surface area contributed by atoms with Crippen molar-refractivity contribution in [2.24, 2.45) is 5.73 Å². The van der Waals surface area contributed by atoms with Crippen molar-refractivity contribution < 1.29 is 29.0 Å². The first-order valence-corrected chi connectivity index (χ1v) is 8.13. The zero-order valence-corrected chi connectivity index (χ0v) is 14.7. The minimum atomic E-state index is -1.20. The van der Waals surface area contributed by atoms with Crippen molar-refractivity contribution in [1.82, 2.24) is 4.90 Å². The lowest BCUT2D eigenvalue weighted by Gasteiger charge is -2.09. The number of hydrogen-bond acceptors (Lipinski definition) is 6. The van der Waals surface area contributed by atoms with Gasteiger partial charge >= 0.3 is 5.97 Å². The number of halogens is 2. The first-order chi connectivity index (χ1) is 11.7. The molecule has 0 spiro atoms. The fourth-order valence-corrected chi connectivity index (χ4v) is 3.33. The van der Waals surface area contributed by atoms with Crippen molar-refractivity contribution in [2.75, 3.05) is 13.2 Å². The van der Waals surface area contributed by atoms with Crippen LogP contribution in [-0.4, -0.2) is 46.2 Å². The normalized spacial score (nSPS) is 15.8. The highest BCUT2D eigenvalue weighted by atomic mass is 35.5. The number of carbonyl (C=O) groups is 4. The summed E-state index contributed by atoms with van der Waals surface area (Å²) in [6.45, 7) is -1.13. The summed E-state index contributed by atoms with van der Waals surface area (Å²) in [5.74, 6) is -2.68. The predicted molar refractivity (Wildman–Crippen MR) is 91.5 cm³/mol. The molecule has 3 N–H and O–H groups in total. The number of hydrogen-bond donors (Lipinski definition) is 2. The molecule has 132 valence electrons. The first kappa shape index (κ1) is 19.1. The molecule has 3 amide bonds. The second-order valence-electron chi connectivity index (χ2n) is 4.73. The molecule has 0 aromatic heterocycles. The zero-order valence-electron chi connectivity index (χ0n) is 12.3. The van der Waals surface area contributed by atoms with Crippen LogP contribution >= 0.6 is 35.0 Å². The lowest BCUT2D eigenvalue weighted by Crippen LogP contribution is -2.36. The summed E-state index contributed by atoms with van der Waals surface area (Å²) in [7, 11) is 0. The Kier molecular flexibility index (Phi) is 5.93. The molecule has 0 atom stereocenters. The Balaban J connectivity index is 2.26. The van der Waals surface area contributed by atoms with Gasteiger partial charge in [0.1, 0.15) is 6.54 Å². The minimum Gasteiger partial charge on any atom is -0.479 e. The van der Waals surface area contributed by atoms with E-state index >= 15 is 0 Å². The van der Waals surface area contributed by atoms with E-state index in [2.05, 4.69) is 0 Å². The van der Waals surface area contributed by atoms with E-state index in [9.17, 15) is 19.2 Å². The van der Waals surface area contributed by atoms with E-state index in [1.54, 1.807) is 0 Å². The molecular formula is C14H10Cl2N2O6S. The van der Waals surface area contributed by atoms with Crippen molar-refractivity contribution in [1.29, 1.82) is 0 Å². The van der Waals surface area contributed by atoms with Crippen LogP contribution in [-0.2, 0) is 14.4 Å². The molecule has 0 radical (unpaired) electrons. The van der Waals surface area contributed by atoms with Gasteiger partial charge in [0.15, 0.2) is 12.4 Å². The van der Waals surface area contributed by atoms with Crippen LogP contribution in [0.2, 0.25) is 10.0 Å². The molecule has 8 nitrogen and oxygen atoms in total. The van der Waals surface area contributed by atoms with Crippen LogP contribution in [0.25, 0.3) is 6.08 Å². The van der Waals surface area contributed by atoms with Crippen LogP contribution in [0.3, 0.4) is 0 Å². The number of carboxylic acids is 1. The van der Waals surface area contributed by atoms with Gasteiger partial charge in [-0.05, 0) is 35.5 Å². The largest absolute Gasteiger partial charge is 0.479 e. The summed E-state index contributed by atoms with van der Waals surface area (Å²) < 4.78 is 4.98. The topological polar surface area (TPSA) is 127 Å². The highest BCUT2D eigenvalue weighted by molar-refractivity contribution is 8.18. The number of primary amides is 1. The molecule has 0 bridgehead atoms. The summed E-state index contributed by atoms with van der Waals surface area (Å²) in [4.78, 5) is 46.1. The molecule has 11 heteroatoms. The lowest BCUT2D eigenvalue weighted by molar-refractivity contribution is -0.139. The Bertz CT molecular complexity index is 788. The van der Waals surface area contributed by atoms with Gasteiger partial charge in [-0.1, -0.05) is 23.2 Å². The summed E-state index contributed by atoms with van der Waals surface area (Å²) in [5.41, 5.74) is 5.39. The monoisotopic (exact) mass is 404 g/mol. The molecule has 1 heterocycles. The van der Waals surface area contributed by atoms with Crippen molar-refractivity contribution in [3.63, 3.8) is 0 Å². The quantitative estimate of drug-likeness (QED) is 0.693. The van der Waals surface area contributed by atoms with E-state index in [1.165, 1.54) is 18.2 Å². The summed E-state index contributed by atoms with van der Waals surface area (Å²) in [6.07, 6.45) is 1.37. The third kappa shape index (κ3) is 4.65. The smallest absolute Gasteiger partial charge is 0.341 e. The fraction of sp³-hybridized carbons (Fsp3) is 0.143. The van der Waals surface area contributed by atoms with E-state index in [4.69, 9.17) is 38.8 Å². The second-order valence-corrected chi connectivity index (χ2v) is 6.54. The van der Waals surface area contributed by atoms with Crippen molar-refractivity contribution in [3.8, 4) is 5.75 Å². The van der Waals surface area contributed by atoms with Gasteiger partial charge in [0.25, 0.3) is 11.1 Å². The minimum absolute atomic E-state index is 0.00952. The van der Waals surface area contributed by atoms with Crippen molar-refractivity contribution >= 4 is 64.1 Å². The number of amides is 3. The second kappa shape index (κ2) is 7.77. The molecular weight excluding hydrogens is 395 g/mol. The van der Waals surface area contributed by atoms with Crippen LogP contribution in [0.15, 0.2) is 17.0 Å². The molecule has 0 saturated carbocycles. The molecule has 1 aromatic rings. The predicted octanol–water partition coefficient (Wildman–Crippen LogP) is 1.98. The van der Waals surface area contributed by atoms with Crippen molar-refractivity contribution in [3.05, 3.63) is 32.6 Å². The maximum Gasteiger partial charge on any atom is 0.341 e. The molecule has 1 fully saturated rings. The maximum atomic E-state index is 12.1. The number of benzene rings is 1. The number of carboxylic acid groups (broad SMARTS) is 1. The number of rotatable bonds is 6. The van der Waals surface area contributed by atoms with Crippen LogP contribution in [0.5, 0.6) is 5.75 Å². The van der Waals surface area contributed by atoms with Gasteiger partial charge in [-0.15, -0.1) is 0 Å². The Morgan fingerprint density at radius 3 is 2.40 bits per heavy atom. The van der Waals surface area contributed by atoms with E-state index in [-0.39, 0.29) is 20.7 Å². The zero-order chi connectivity index (χ0) is 18.7. The molecule has 1 aliphatic rings. The van der Waals surface area contributed by atoms with Crippen LogP contribution < -0.4 is 10.5 Å². The van der Waals surface area contributed by atoms with E-state index in [0.717, 1.165) is 4.90 Å². The molecule has 2 rings (SSSR count). The number of nitrogens with zero attached hydrogens (tertiary/aromatic N) is 1. The van der Waals surface area contributed by atoms with Gasteiger partial charge in [0.05, 0.1) is 15.0 Å². The van der Waals surface area contributed by atoms with E-state index < -0.39 is 36.2 Å². The third-order valence-electron chi connectivity index (χ3n) is 2.85. The number of thioether (sulfide) groups is 1. The van der Waals surface area contributed by atoms with Crippen LogP contribution in [0.1, 0.15) is 5.56 Å². The number of ether oxygens (including phenoxy) is 1. The number of nitrogens with two attached hydrogens (primary N) is 1. The van der Waals surface area contributed by atoms with Gasteiger partial charge in [0, 0.05) is 0 Å². The summed E-state index contributed by atoms with van der Waals surface area (Å²) in [6, 6.07) is 2.79. The molecule has 1 aromatic carbocycles. The summed E-state index contributed by atoms with van der Waals surface area (Å²) in [5, 5.41) is 8.07. The highest BCUT2D eigenvalue weighted by Gasteiger charge is 2.35. The van der Waals surface area contributed by atoms with Gasteiger partial charge in [0.2, 0.25) is 5.91 Å². The Morgan fingerprint density at radius 2 is 1.88 bits per heavy atom.